The summed E-state index contributed by atoms with van der Waals surface area (Å²) >= 11 is 1.72. The summed E-state index contributed by atoms with van der Waals surface area (Å²) in [5.74, 6) is -0.279. The van der Waals surface area contributed by atoms with Gasteiger partial charge in [0, 0.05) is 40.7 Å². The summed E-state index contributed by atoms with van der Waals surface area (Å²) in [5, 5.41) is 11.2. The van der Waals surface area contributed by atoms with Crippen LogP contribution in [0.4, 0.5) is 0 Å². The Morgan fingerprint density at radius 1 is 1.07 bits per heavy atom. The van der Waals surface area contributed by atoms with Gasteiger partial charge in [0.05, 0.1) is 25.3 Å². The number of hydrogen-bond donors (Lipinski definition) is 1. The lowest BCUT2D eigenvalue weighted by Crippen LogP contribution is -2.41. The third-order valence-electron chi connectivity index (χ3n) is 8.11. The van der Waals surface area contributed by atoms with E-state index in [2.05, 4.69) is 29.7 Å². The van der Waals surface area contributed by atoms with Crippen molar-refractivity contribution in [3.05, 3.63) is 70.5 Å². The van der Waals surface area contributed by atoms with Crippen LogP contribution in [0.25, 0.3) is 21.6 Å². The Morgan fingerprint density at radius 3 is 2.60 bits per heavy atom. The van der Waals surface area contributed by atoms with Crippen LogP contribution in [0.15, 0.2) is 48.7 Å². The molecule has 1 aromatic carbocycles. The maximum absolute atomic E-state index is 13.4. The fourth-order valence-corrected chi connectivity index (χ4v) is 7.04. The van der Waals surface area contributed by atoms with Gasteiger partial charge in [-0.2, -0.15) is 0 Å². The number of carbonyl (C=O) groups excluding carboxylic acids is 1. The van der Waals surface area contributed by atoms with E-state index in [0.717, 1.165) is 60.8 Å². The zero-order valence-corrected chi connectivity index (χ0v) is 24.2. The highest BCUT2D eigenvalue weighted by molar-refractivity contribution is 7.15. The van der Waals surface area contributed by atoms with Crippen LogP contribution in [0.3, 0.4) is 0 Å². The number of rotatable bonds is 7. The van der Waals surface area contributed by atoms with Crippen LogP contribution < -0.4 is 0 Å². The van der Waals surface area contributed by atoms with Crippen molar-refractivity contribution in [2.45, 2.75) is 45.7 Å². The number of aromatic nitrogens is 3. The van der Waals surface area contributed by atoms with Crippen LogP contribution in [0.2, 0.25) is 0 Å². The molecule has 210 valence electrons. The first-order valence-corrected chi connectivity index (χ1v) is 14.5. The first-order chi connectivity index (χ1) is 19.0. The Bertz CT molecular complexity index is 1510. The van der Waals surface area contributed by atoms with Gasteiger partial charge in [-0.05, 0) is 62.9 Å². The van der Waals surface area contributed by atoms with E-state index in [-0.39, 0.29) is 24.9 Å². The molecule has 0 unspecified atom stereocenters. The molecule has 0 spiro atoms. The highest BCUT2D eigenvalue weighted by Gasteiger charge is 2.30. The minimum atomic E-state index is -0.789. The molecule has 10 heteroatoms. The van der Waals surface area contributed by atoms with E-state index in [1.165, 1.54) is 21.5 Å². The zero-order chi connectivity index (χ0) is 26.9. The lowest BCUT2D eigenvalue weighted by atomic mass is 9.92. The predicted molar refractivity (Wildman–Crippen MR) is 159 cm³/mol. The van der Waals surface area contributed by atoms with Gasteiger partial charge in [-0.25, -0.2) is 9.97 Å². The van der Waals surface area contributed by atoms with Crippen molar-refractivity contribution in [3.8, 4) is 10.6 Å². The number of aliphatic carboxylic acids is 1. The van der Waals surface area contributed by atoms with Gasteiger partial charge in [0.25, 0.3) is 0 Å². The number of amides is 1. The normalized spacial score (nSPS) is 16.1. The van der Waals surface area contributed by atoms with Gasteiger partial charge in [-0.1, -0.05) is 30.3 Å². The fourth-order valence-electron chi connectivity index (χ4n) is 5.98. The number of carboxylic acid groups (broad SMARTS) is 1. The first kappa shape index (κ1) is 28.3. The summed E-state index contributed by atoms with van der Waals surface area (Å²) in [6.07, 6.45) is 4.94. The molecule has 1 saturated heterocycles. The van der Waals surface area contributed by atoms with E-state index in [1.807, 2.05) is 40.3 Å². The largest absolute Gasteiger partial charge is 0.480 e. The van der Waals surface area contributed by atoms with Crippen molar-refractivity contribution >= 4 is 46.7 Å². The van der Waals surface area contributed by atoms with Crippen molar-refractivity contribution in [1.29, 1.82) is 0 Å². The second kappa shape index (κ2) is 12.1. The molecule has 2 aliphatic heterocycles. The molecule has 0 saturated carbocycles. The number of fused-ring (bicyclic) bond motifs is 3. The van der Waals surface area contributed by atoms with Crippen LogP contribution in [0.5, 0.6) is 0 Å². The monoisotopic (exact) mass is 579 g/mol. The van der Waals surface area contributed by atoms with Crippen molar-refractivity contribution in [3.63, 3.8) is 0 Å². The summed E-state index contributed by atoms with van der Waals surface area (Å²) in [7, 11) is 0. The van der Waals surface area contributed by atoms with Gasteiger partial charge in [-0.3, -0.25) is 14.5 Å². The maximum atomic E-state index is 13.4. The minimum absolute atomic E-state index is 0. The lowest BCUT2D eigenvalue weighted by molar-refractivity contribution is -0.139. The van der Waals surface area contributed by atoms with Gasteiger partial charge < -0.3 is 14.6 Å². The van der Waals surface area contributed by atoms with Crippen LogP contribution in [-0.4, -0.2) is 67.5 Å². The molecule has 2 aliphatic rings. The smallest absolute Gasteiger partial charge is 0.317 e. The third-order valence-corrected chi connectivity index (χ3v) is 9.30. The van der Waals surface area contributed by atoms with Gasteiger partial charge in [0.2, 0.25) is 5.91 Å². The van der Waals surface area contributed by atoms with Crippen LogP contribution in [0, 0.1) is 12.8 Å². The van der Waals surface area contributed by atoms with Crippen LogP contribution in [0.1, 0.15) is 41.1 Å². The molecule has 0 aliphatic carbocycles. The number of pyridine rings is 1. The molecule has 3 aromatic heterocycles. The first-order valence-electron chi connectivity index (χ1n) is 13.6. The number of likely N-dealkylation sites (tertiary alicyclic amines) is 1. The van der Waals surface area contributed by atoms with Crippen LogP contribution >= 0.6 is 23.7 Å². The molecule has 1 N–H and O–H groups in total. The SMILES string of the molecule is Cc1nc(-c2ccccc2)sc1Cn1c2c(c3cccnc31)CCN(C(=O)CC1CCN(CC(=O)O)CC1)C2.Cl. The van der Waals surface area contributed by atoms with Crippen molar-refractivity contribution in [2.75, 3.05) is 26.2 Å². The second-order valence-corrected chi connectivity index (χ2v) is 11.7. The van der Waals surface area contributed by atoms with Gasteiger partial charge in [0.15, 0.2) is 0 Å². The standard InChI is InChI=1S/C30H33N5O3S.ClH/c1-20-26(39-30(32-20)22-6-3-2-4-7-22)18-35-25-17-34(15-11-23(25)24-8-5-12-31-29(24)35)27(36)16-21-9-13-33(14-10-21)19-28(37)38;/h2-8,12,21H,9-11,13-19H2,1H3,(H,37,38);1H. The molecule has 5 heterocycles. The van der Waals surface area contributed by atoms with Gasteiger partial charge in [-0.15, -0.1) is 23.7 Å². The highest BCUT2D eigenvalue weighted by Crippen LogP contribution is 2.34. The second-order valence-electron chi connectivity index (χ2n) is 10.7. The molecule has 6 rings (SSSR count). The number of carboxylic acids is 1. The Kier molecular flexibility index (Phi) is 8.54. The molecule has 1 amide bonds. The number of benzene rings is 1. The summed E-state index contributed by atoms with van der Waals surface area (Å²) in [6, 6.07) is 14.4. The number of piperidine rings is 1. The van der Waals surface area contributed by atoms with Crippen molar-refractivity contribution < 1.29 is 14.7 Å². The average Bonchev–Trinajstić information content (AvgIpc) is 3.47. The van der Waals surface area contributed by atoms with E-state index in [0.29, 0.717) is 25.4 Å². The maximum Gasteiger partial charge on any atom is 0.317 e. The molecule has 40 heavy (non-hydrogen) atoms. The van der Waals surface area contributed by atoms with E-state index < -0.39 is 5.97 Å². The lowest BCUT2D eigenvalue weighted by Gasteiger charge is -2.33. The fraction of sp³-hybridized carbons (Fsp3) is 0.400. The summed E-state index contributed by atoms with van der Waals surface area (Å²) < 4.78 is 2.30. The number of carbonyl (C=O) groups is 2. The molecule has 0 atom stereocenters. The summed E-state index contributed by atoms with van der Waals surface area (Å²) in [4.78, 5) is 39.2. The van der Waals surface area contributed by atoms with E-state index in [1.54, 1.807) is 11.3 Å². The van der Waals surface area contributed by atoms with Gasteiger partial charge in [0.1, 0.15) is 10.7 Å². The van der Waals surface area contributed by atoms with Gasteiger partial charge >= 0.3 is 5.97 Å². The zero-order valence-electron chi connectivity index (χ0n) is 22.6. The molecule has 8 nitrogen and oxygen atoms in total. The number of halogens is 1. The molecular formula is C30H34ClN5O3S. The quantitative estimate of drug-likeness (QED) is 0.331. The Labute approximate surface area is 244 Å². The third kappa shape index (κ3) is 5.77. The van der Waals surface area contributed by atoms with Crippen molar-refractivity contribution in [2.24, 2.45) is 5.92 Å². The number of hydrogen-bond acceptors (Lipinski definition) is 6. The minimum Gasteiger partial charge on any atom is -0.480 e. The summed E-state index contributed by atoms with van der Waals surface area (Å²) in [6.45, 7) is 5.63. The molecule has 4 aromatic rings. The summed E-state index contributed by atoms with van der Waals surface area (Å²) in [5.41, 5.74) is 5.60. The van der Waals surface area contributed by atoms with Crippen molar-refractivity contribution in [1.82, 2.24) is 24.3 Å². The highest BCUT2D eigenvalue weighted by atomic mass is 35.5. The number of thiazole rings is 1. The van der Waals surface area contributed by atoms with E-state index in [4.69, 9.17) is 15.1 Å². The number of aryl methyl sites for hydroxylation is 1. The van der Waals surface area contributed by atoms with E-state index in [9.17, 15) is 9.59 Å². The molecule has 0 bridgehead atoms. The molecular weight excluding hydrogens is 546 g/mol. The number of nitrogens with zero attached hydrogens (tertiary/aromatic N) is 5. The Hall–Kier alpha value is -3.27. The Morgan fingerprint density at radius 2 is 1.85 bits per heavy atom. The van der Waals surface area contributed by atoms with E-state index >= 15 is 0 Å². The average molecular weight is 580 g/mol. The van der Waals surface area contributed by atoms with Crippen LogP contribution in [-0.2, 0) is 29.1 Å². The Balaban J connectivity index is 0.00000323. The topological polar surface area (TPSA) is 91.6 Å². The molecule has 0 radical (unpaired) electrons. The molecule has 1 fully saturated rings. The predicted octanol–water partition coefficient (Wildman–Crippen LogP) is 5.01.